The smallest absolute Gasteiger partial charge is 0.199 e. The lowest BCUT2D eigenvalue weighted by Gasteiger charge is -2.18. The van der Waals surface area contributed by atoms with E-state index in [9.17, 15) is 0 Å². The van der Waals surface area contributed by atoms with E-state index in [1.807, 2.05) is 44.2 Å². The van der Waals surface area contributed by atoms with Crippen LogP contribution in [0.1, 0.15) is 24.6 Å². The van der Waals surface area contributed by atoms with Crippen LogP contribution in [-0.2, 0) is 10.5 Å². The first-order valence-corrected chi connectivity index (χ1v) is 8.91. The fraction of sp³-hybridized carbons (Fsp3) is 0.333. The Hall–Kier alpha value is -2.05. The number of para-hydroxylation sites is 2. The van der Waals surface area contributed by atoms with E-state index in [1.165, 1.54) is 0 Å². The third kappa shape index (κ3) is 3.71. The summed E-state index contributed by atoms with van der Waals surface area (Å²) in [6, 6.07) is 9.90. The van der Waals surface area contributed by atoms with E-state index in [0.717, 1.165) is 45.4 Å². The summed E-state index contributed by atoms with van der Waals surface area (Å²) >= 11 is 1.64. The Morgan fingerprint density at radius 2 is 2.08 bits per heavy atom. The van der Waals surface area contributed by atoms with E-state index < -0.39 is 0 Å². The van der Waals surface area contributed by atoms with Crippen LogP contribution in [0.3, 0.4) is 0 Å². The number of aromatic amines is 1. The van der Waals surface area contributed by atoms with E-state index in [4.69, 9.17) is 9.47 Å². The van der Waals surface area contributed by atoms with Crippen molar-refractivity contribution in [3.63, 3.8) is 0 Å². The van der Waals surface area contributed by atoms with Crippen LogP contribution in [-0.4, -0.2) is 28.4 Å². The normalized spacial score (nSPS) is 12.5. The highest BCUT2D eigenvalue weighted by Crippen LogP contribution is 2.27. The molecule has 5 nitrogen and oxygen atoms in total. The first-order valence-electron chi connectivity index (χ1n) is 7.92. The van der Waals surface area contributed by atoms with Gasteiger partial charge in [0.05, 0.1) is 16.7 Å². The molecule has 0 spiro atoms. The Kier molecular flexibility index (Phi) is 5.37. The predicted octanol–water partition coefficient (Wildman–Crippen LogP) is 4.32. The van der Waals surface area contributed by atoms with Gasteiger partial charge in [-0.1, -0.05) is 30.8 Å². The molecule has 0 amide bonds. The van der Waals surface area contributed by atoms with Crippen molar-refractivity contribution < 1.29 is 9.47 Å². The van der Waals surface area contributed by atoms with E-state index >= 15 is 0 Å². The summed E-state index contributed by atoms with van der Waals surface area (Å²) in [4.78, 5) is 12.4. The largest absolute Gasteiger partial charge is 0.465 e. The maximum absolute atomic E-state index is 5.89. The van der Waals surface area contributed by atoms with Gasteiger partial charge in [-0.05, 0) is 25.1 Å². The van der Waals surface area contributed by atoms with Crippen molar-refractivity contribution in [3.05, 3.63) is 47.8 Å². The number of aromatic nitrogens is 3. The van der Waals surface area contributed by atoms with Crippen molar-refractivity contribution in [2.24, 2.45) is 0 Å². The SMILES string of the molecule is CCC(OC)Oc1ccnc(CSc2nc3ccccc3[nH]2)c1C. The number of imidazole rings is 1. The molecule has 0 saturated carbocycles. The molecule has 6 heteroatoms. The molecule has 3 rings (SSSR count). The van der Waals surface area contributed by atoms with Crippen molar-refractivity contribution in [1.82, 2.24) is 15.0 Å². The third-order valence-electron chi connectivity index (χ3n) is 3.83. The summed E-state index contributed by atoms with van der Waals surface area (Å²) in [6.07, 6.45) is 2.34. The Morgan fingerprint density at radius 3 is 2.83 bits per heavy atom. The molecule has 1 aromatic carbocycles. The van der Waals surface area contributed by atoms with E-state index in [2.05, 4.69) is 15.0 Å². The minimum atomic E-state index is -0.234. The van der Waals surface area contributed by atoms with Crippen molar-refractivity contribution in [1.29, 1.82) is 0 Å². The summed E-state index contributed by atoms with van der Waals surface area (Å²) in [6.45, 7) is 4.06. The molecule has 1 N–H and O–H groups in total. The predicted molar refractivity (Wildman–Crippen MR) is 96.3 cm³/mol. The molecule has 24 heavy (non-hydrogen) atoms. The number of ether oxygens (including phenoxy) is 2. The summed E-state index contributed by atoms with van der Waals surface area (Å²) in [5, 5.41) is 0.895. The molecule has 0 aliphatic rings. The number of nitrogens with zero attached hydrogens (tertiary/aromatic N) is 2. The Labute approximate surface area is 145 Å². The van der Waals surface area contributed by atoms with Crippen LogP contribution in [0.25, 0.3) is 11.0 Å². The molecule has 2 aromatic heterocycles. The van der Waals surface area contributed by atoms with E-state index in [1.54, 1.807) is 25.1 Å². The standard InChI is InChI=1S/C18H21N3O2S/c1-4-17(22-3)23-16-9-10-19-15(12(16)2)11-24-18-20-13-7-5-6-8-14(13)21-18/h5-10,17H,4,11H2,1-3H3,(H,20,21). The number of methoxy groups -OCH3 is 1. The number of hydrogen-bond acceptors (Lipinski definition) is 5. The Bertz CT molecular complexity index is 782. The first-order chi connectivity index (χ1) is 11.7. The zero-order valence-corrected chi connectivity index (χ0v) is 14.9. The van der Waals surface area contributed by atoms with Gasteiger partial charge in [-0.25, -0.2) is 4.98 Å². The molecule has 0 saturated heterocycles. The maximum atomic E-state index is 5.89. The number of fused-ring (bicyclic) bond motifs is 1. The molecule has 3 aromatic rings. The van der Waals surface area contributed by atoms with Gasteiger partial charge in [-0.2, -0.15) is 0 Å². The zero-order chi connectivity index (χ0) is 16.9. The molecule has 0 radical (unpaired) electrons. The number of hydrogen-bond donors (Lipinski definition) is 1. The van der Waals surface area contributed by atoms with Crippen molar-refractivity contribution in [3.8, 4) is 5.75 Å². The van der Waals surface area contributed by atoms with E-state index in [-0.39, 0.29) is 6.29 Å². The highest BCUT2D eigenvalue weighted by Gasteiger charge is 2.12. The van der Waals surface area contributed by atoms with Crippen LogP contribution in [0.5, 0.6) is 5.75 Å². The van der Waals surface area contributed by atoms with Crippen LogP contribution in [0.4, 0.5) is 0 Å². The number of thioether (sulfide) groups is 1. The zero-order valence-electron chi connectivity index (χ0n) is 14.1. The second kappa shape index (κ2) is 7.68. The van der Waals surface area contributed by atoms with Crippen molar-refractivity contribution >= 4 is 22.8 Å². The van der Waals surface area contributed by atoms with Crippen LogP contribution in [0.15, 0.2) is 41.7 Å². The molecule has 1 atom stereocenters. The van der Waals surface area contributed by atoms with Gasteiger partial charge in [0.25, 0.3) is 0 Å². The summed E-state index contributed by atoms with van der Waals surface area (Å²) < 4.78 is 11.2. The van der Waals surface area contributed by atoms with Crippen molar-refractivity contribution in [2.75, 3.05) is 7.11 Å². The first kappa shape index (κ1) is 16.8. The molecule has 0 fully saturated rings. The molecule has 126 valence electrons. The number of rotatable bonds is 7. The number of H-pyrrole nitrogens is 1. The monoisotopic (exact) mass is 343 g/mol. The molecule has 0 aliphatic heterocycles. The van der Waals surface area contributed by atoms with Crippen LogP contribution < -0.4 is 4.74 Å². The number of benzene rings is 1. The lowest BCUT2D eigenvalue weighted by molar-refractivity contribution is -0.0552. The summed E-state index contributed by atoms with van der Waals surface area (Å²) in [5.74, 6) is 1.55. The molecule has 1 unspecified atom stereocenters. The lowest BCUT2D eigenvalue weighted by Crippen LogP contribution is -2.18. The quantitative estimate of drug-likeness (QED) is 0.511. The van der Waals surface area contributed by atoms with Gasteiger partial charge >= 0.3 is 0 Å². The van der Waals surface area contributed by atoms with Gasteiger partial charge in [0.1, 0.15) is 5.75 Å². The minimum absolute atomic E-state index is 0.234. The second-order valence-corrected chi connectivity index (χ2v) is 6.38. The Balaban J connectivity index is 1.72. The van der Waals surface area contributed by atoms with Gasteiger partial charge in [0, 0.05) is 31.0 Å². The second-order valence-electron chi connectivity index (χ2n) is 5.42. The van der Waals surface area contributed by atoms with Crippen LogP contribution in [0.2, 0.25) is 0 Å². The average Bonchev–Trinajstić information content (AvgIpc) is 3.02. The van der Waals surface area contributed by atoms with Gasteiger partial charge in [-0.3, -0.25) is 4.98 Å². The molecule has 2 heterocycles. The van der Waals surface area contributed by atoms with Gasteiger partial charge in [0.15, 0.2) is 11.4 Å². The highest BCUT2D eigenvalue weighted by atomic mass is 32.2. The molecular formula is C18H21N3O2S. The highest BCUT2D eigenvalue weighted by molar-refractivity contribution is 7.98. The topological polar surface area (TPSA) is 60.0 Å². The number of nitrogens with one attached hydrogen (secondary N) is 1. The summed E-state index contributed by atoms with van der Waals surface area (Å²) in [5.41, 5.74) is 4.06. The molecule has 0 bridgehead atoms. The average molecular weight is 343 g/mol. The van der Waals surface area contributed by atoms with Crippen LogP contribution in [0, 0.1) is 6.92 Å². The molecular weight excluding hydrogens is 322 g/mol. The third-order valence-corrected chi connectivity index (χ3v) is 4.71. The molecule has 0 aliphatic carbocycles. The van der Waals surface area contributed by atoms with Gasteiger partial charge in [0.2, 0.25) is 0 Å². The van der Waals surface area contributed by atoms with Gasteiger partial charge in [-0.15, -0.1) is 0 Å². The fourth-order valence-corrected chi connectivity index (χ4v) is 3.32. The lowest BCUT2D eigenvalue weighted by atomic mass is 10.2. The summed E-state index contributed by atoms with van der Waals surface area (Å²) in [7, 11) is 1.66. The number of pyridine rings is 1. The van der Waals surface area contributed by atoms with Crippen molar-refractivity contribution in [2.45, 2.75) is 37.5 Å². The Morgan fingerprint density at radius 1 is 1.25 bits per heavy atom. The minimum Gasteiger partial charge on any atom is -0.465 e. The van der Waals surface area contributed by atoms with Crippen LogP contribution >= 0.6 is 11.8 Å². The maximum Gasteiger partial charge on any atom is 0.199 e. The fourth-order valence-electron chi connectivity index (χ4n) is 2.41. The van der Waals surface area contributed by atoms with Gasteiger partial charge < -0.3 is 14.5 Å². The van der Waals surface area contributed by atoms with E-state index in [0.29, 0.717) is 0 Å².